The molecule has 2 nitrogen and oxygen atoms in total. The molecule has 3 heteroatoms. The van der Waals surface area contributed by atoms with Crippen molar-refractivity contribution in [3.05, 3.63) is 52.2 Å². The number of likely N-dealkylation sites (N-methyl/N-ethyl adjacent to an activating group) is 1. The van der Waals surface area contributed by atoms with Gasteiger partial charge >= 0.3 is 0 Å². The van der Waals surface area contributed by atoms with Crippen molar-refractivity contribution in [3.63, 3.8) is 0 Å². The van der Waals surface area contributed by atoms with E-state index >= 15 is 0 Å². The number of nitrogens with one attached hydrogen (secondary N) is 1. The van der Waals surface area contributed by atoms with Gasteiger partial charge in [-0.3, -0.25) is 0 Å². The fraction of sp³-hybridized carbons (Fsp3) is 0.375. The van der Waals surface area contributed by atoms with E-state index in [-0.39, 0.29) is 0 Å². The standard InChI is InChI=1S/C16H20N2S/c1-18(9-8-14-5-4-10-19-14)12-13-11-17-16-7-3-2-6-15(13)16/h2-7,10,13,17H,8-9,11-12H2,1H3. The molecule has 0 radical (unpaired) electrons. The van der Waals surface area contributed by atoms with Crippen molar-refractivity contribution in [1.29, 1.82) is 0 Å². The molecule has 0 saturated carbocycles. The van der Waals surface area contributed by atoms with Gasteiger partial charge in [-0.15, -0.1) is 11.3 Å². The zero-order valence-corrected chi connectivity index (χ0v) is 12.1. The lowest BCUT2D eigenvalue weighted by Crippen LogP contribution is -2.27. The molecule has 0 spiro atoms. The van der Waals surface area contributed by atoms with E-state index in [9.17, 15) is 0 Å². The lowest BCUT2D eigenvalue weighted by Gasteiger charge is -2.20. The first kappa shape index (κ1) is 12.7. The number of anilines is 1. The summed E-state index contributed by atoms with van der Waals surface area (Å²) in [5.41, 5.74) is 2.80. The Labute approximate surface area is 119 Å². The molecule has 1 aromatic carbocycles. The first-order valence-electron chi connectivity index (χ1n) is 6.86. The van der Waals surface area contributed by atoms with Crippen molar-refractivity contribution in [2.24, 2.45) is 0 Å². The molecule has 1 unspecified atom stereocenters. The molecule has 0 bridgehead atoms. The summed E-state index contributed by atoms with van der Waals surface area (Å²) < 4.78 is 0. The van der Waals surface area contributed by atoms with Crippen LogP contribution in [0, 0.1) is 0 Å². The van der Waals surface area contributed by atoms with E-state index in [2.05, 4.69) is 59.0 Å². The number of nitrogens with zero attached hydrogens (tertiary/aromatic N) is 1. The Morgan fingerprint density at radius 3 is 3.00 bits per heavy atom. The third-order valence-electron chi connectivity index (χ3n) is 3.79. The Kier molecular flexibility index (Phi) is 3.85. The van der Waals surface area contributed by atoms with Crippen LogP contribution >= 0.6 is 11.3 Å². The predicted octanol–water partition coefficient (Wildman–Crippen LogP) is 3.43. The highest BCUT2D eigenvalue weighted by molar-refractivity contribution is 7.09. The summed E-state index contributed by atoms with van der Waals surface area (Å²) in [6.45, 7) is 3.34. The van der Waals surface area contributed by atoms with Gasteiger partial charge in [0.25, 0.3) is 0 Å². The average Bonchev–Trinajstić information content (AvgIpc) is 3.07. The Hall–Kier alpha value is -1.32. The van der Waals surface area contributed by atoms with Crippen LogP contribution in [0.15, 0.2) is 41.8 Å². The molecule has 0 fully saturated rings. The van der Waals surface area contributed by atoms with Crippen LogP contribution in [-0.2, 0) is 6.42 Å². The van der Waals surface area contributed by atoms with E-state index < -0.39 is 0 Å². The Morgan fingerprint density at radius 1 is 1.26 bits per heavy atom. The van der Waals surface area contributed by atoms with Crippen molar-refractivity contribution >= 4 is 17.0 Å². The molecular formula is C16H20N2S. The molecule has 1 N–H and O–H groups in total. The minimum Gasteiger partial charge on any atom is -0.384 e. The van der Waals surface area contributed by atoms with Crippen LogP contribution in [0.25, 0.3) is 0 Å². The van der Waals surface area contributed by atoms with E-state index in [0.717, 1.165) is 26.1 Å². The number of thiophene rings is 1. The molecule has 0 saturated heterocycles. The fourth-order valence-electron chi connectivity index (χ4n) is 2.74. The van der Waals surface area contributed by atoms with Crippen LogP contribution in [-0.4, -0.2) is 31.6 Å². The highest BCUT2D eigenvalue weighted by atomic mass is 32.1. The van der Waals surface area contributed by atoms with E-state index in [0.29, 0.717) is 5.92 Å². The Bertz CT molecular complexity index is 521. The summed E-state index contributed by atoms with van der Waals surface area (Å²) in [5.74, 6) is 0.629. The maximum Gasteiger partial charge on any atom is 0.0376 e. The van der Waals surface area contributed by atoms with E-state index in [4.69, 9.17) is 0 Å². The Morgan fingerprint density at radius 2 is 2.16 bits per heavy atom. The summed E-state index contributed by atoms with van der Waals surface area (Å²) in [4.78, 5) is 3.94. The summed E-state index contributed by atoms with van der Waals surface area (Å²) in [7, 11) is 2.23. The first-order chi connectivity index (χ1) is 9.33. The number of benzene rings is 1. The van der Waals surface area contributed by atoms with Gasteiger partial charge in [-0.2, -0.15) is 0 Å². The van der Waals surface area contributed by atoms with Gasteiger partial charge in [0.2, 0.25) is 0 Å². The van der Waals surface area contributed by atoms with Crippen molar-refractivity contribution in [2.45, 2.75) is 12.3 Å². The third-order valence-corrected chi connectivity index (χ3v) is 4.73. The second-order valence-electron chi connectivity index (χ2n) is 5.26. The van der Waals surface area contributed by atoms with Crippen molar-refractivity contribution in [2.75, 3.05) is 32.0 Å². The SMILES string of the molecule is CN(CCc1cccs1)CC1CNc2ccccc21. The van der Waals surface area contributed by atoms with Crippen LogP contribution in [0.3, 0.4) is 0 Å². The maximum atomic E-state index is 3.50. The smallest absolute Gasteiger partial charge is 0.0376 e. The monoisotopic (exact) mass is 272 g/mol. The quantitative estimate of drug-likeness (QED) is 0.897. The zero-order valence-electron chi connectivity index (χ0n) is 11.3. The average molecular weight is 272 g/mol. The molecule has 1 aliphatic heterocycles. The highest BCUT2D eigenvalue weighted by Crippen LogP contribution is 2.31. The molecule has 0 amide bonds. The third kappa shape index (κ3) is 2.99. The minimum absolute atomic E-state index is 0.629. The van der Waals surface area contributed by atoms with Gasteiger partial charge in [0.15, 0.2) is 0 Å². The van der Waals surface area contributed by atoms with Crippen LogP contribution in [0.5, 0.6) is 0 Å². The molecule has 2 heterocycles. The van der Waals surface area contributed by atoms with Crippen LogP contribution in [0.1, 0.15) is 16.4 Å². The maximum absolute atomic E-state index is 3.50. The second-order valence-corrected chi connectivity index (χ2v) is 6.29. The predicted molar refractivity (Wildman–Crippen MR) is 83.2 cm³/mol. The molecule has 1 aromatic heterocycles. The van der Waals surface area contributed by atoms with E-state index in [1.807, 2.05) is 11.3 Å². The first-order valence-corrected chi connectivity index (χ1v) is 7.74. The van der Waals surface area contributed by atoms with Crippen molar-refractivity contribution in [3.8, 4) is 0 Å². The van der Waals surface area contributed by atoms with Crippen LogP contribution in [0.4, 0.5) is 5.69 Å². The lowest BCUT2D eigenvalue weighted by molar-refractivity contribution is 0.321. The minimum atomic E-state index is 0.629. The van der Waals surface area contributed by atoms with Crippen molar-refractivity contribution < 1.29 is 0 Å². The van der Waals surface area contributed by atoms with Crippen LogP contribution < -0.4 is 5.32 Å². The van der Waals surface area contributed by atoms with E-state index in [1.165, 1.54) is 16.1 Å². The summed E-state index contributed by atoms with van der Waals surface area (Å²) in [6, 6.07) is 13.1. The summed E-state index contributed by atoms with van der Waals surface area (Å²) in [5, 5.41) is 5.66. The summed E-state index contributed by atoms with van der Waals surface area (Å²) >= 11 is 1.86. The molecule has 19 heavy (non-hydrogen) atoms. The van der Waals surface area contributed by atoms with Gasteiger partial charge in [0.05, 0.1) is 0 Å². The van der Waals surface area contributed by atoms with E-state index in [1.54, 1.807) is 0 Å². The molecule has 3 rings (SSSR count). The molecular weight excluding hydrogens is 252 g/mol. The second kappa shape index (κ2) is 5.76. The molecule has 1 atom stereocenters. The van der Waals surface area contributed by atoms with Gasteiger partial charge in [0.1, 0.15) is 0 Å². The van der Waals surface area contributed by atoms with Gasteiger partial charge in [0, 0.05) is 36.1 Å². The van der Waals surface area contributed by atoms with Crippen LogP contribution in [0.2, 0.25) is 0 Å². The number of rotatable bonds is 5. The topological polar surface area (TPSA) is 15.3 Å². The number of hydrogen-bond donors (Lipinski definition) is 1. The fourth-order valence-corrected chi connectivity index (χ4v) is 3.44. The normalized spacial score (nSPS) is 17.5. The van der Waals surface area contributed by atoms with Gasteiger partial charge in [-0.25, -0.2) is 0 Å². The molecule has 100 valence electrons. The number of hydrogen-bond acceptors (Lipinski definition) is 3. The number of para-hydroxylation sites is 1. The summed E-state index contributed by atoms with van der Waals surface area (Å²) in [6.07, 6.45) is 1.16. The van der Waals surface area contributed by atoms with Crippen molar-refractivity contribution in [1.82, 2.24) is 4.90 Å². The largest absolute Gasteiger partial charge is 0.384 e. The lowest BCUT2D eigenvalue weighted by atomic mass is 10.0. The Balaban J connectivity index is 1.54. The highest BCUT2D eigenvalue weighted by Gasteiger charge is 2.22. The van der Waals surface area contributed by atoms with Gasteiger partial charge in [-0.05, 0) is 36.5 Å². The zero-order chi connectivity index (χ0) is 13.1. The number of fused-ring (bicyclic) bond motifs is 1. The van der Waals surface area contributed by atoms with Gasteiger partial charge in [-0.1, -0.05) is 24.3 Å². The molecule has 2 aromatic rings. The molecule has 0 aliphatic carbocycles. The molecule has 1 aliphatic rings. The van der Waals surface area contributed by atoms with Gasteiger partial charge < -0.3 is 10.2 Å².